The average Bonchev–Trinajstić information content (AvgIpc) is 3.08. The molecule has 2 aromatic rings. The van der Waals surface area contributed by atoms with E-state index in [0.717, 1.165) is 57.1 Å². The summed E-state index contributed by atoms with van der Waals surface area (Å²) in [6.45, 7) is 7.06. The highest BCUT2D eigenvalue weighted by Gasteiger charge is 2.17. The minimum atomic E-state index is 0.620. The van der Waals surface area contributed by atoms with E-state index in [2.05, 4.69) is 45.7 Å². The Hall–Kier alpha value is -1.89. The number of aromatic nitrogens is 2. The second kappa shape index (κ2) is 9.71. The van der Waals surface area contributed by atoms with Crippen LogP contribution in [0.4, 0.5) is 0 Å². The van der Waals surface area contributed by atoms with Crippen LogP contribution in [0, 0.1) is 6.92 Å². The fourth-order valence-electron chi connectivity index (χ4n) is 3.26. The molecule has 26 heavy (non-hydrogen) atoms. The molecule has 0 aliphatic carbocycles. The number of benzene rings is 1. The number of rotatable bonds is 9. The molecular weight excluding hydrogens is 328 g/mol. The molecule has 0 amide bonds. The van der Waals surface area contributed by atoms with Crippen LogP contribution in [-0.2, 0) is 17.8 Å². The molecule has 0 bridgehead atoms. The van der Waals surface area contributed by atoms with Crippen molar-refractivity contribution >= 4 is 0 Å². The minimum Gasteiger partial charge on any atom is -0.492 e. The van der Waals surface area contributed by atoms with E-state index in [1.165, 1.54) is 11.1 Å². The fourth-order valence-corrected chi connectivity index (χ4v) is 3.26. The Labute approximate surface area is 155 Å². The Morgan fingerprint density at radius 2 is 2.15 bits per heavy atom. The first-order chi connectivity index (χ1) is 12.7. The van der Waals surface area contributed by atoms with Gasteiger partial charge in [0.05, 0.1) is 6.20 Å². The summed E-state index contributed by atoms with van der Waals surface area (Å²) in [7, 11) is 2.18. The van der Waals surface area contributed by atoms with Gasteiger partial charge in [-0.15, -0.1) is 0 Å². The number of nitrogens with zero attached hydrogens (tertiary/aromatic N) is 2. The number of aromatic amines is 1. The van der Waals surface area contributed by atoms with Gasteiger partial charge in [0, 0.05) is 50.1 Å². The number of hydrogen-bond acceptors (Lipinski definition) is 5. The molecule has 1 aromatic carbocycles. The standard InChI is InChI=1S/C20H30N4O2/c1-16-18(15-22-23-16)14-21-13-17-4-3-5-20(12-17)26-11-8-24(2)19-6-9-25-10-7-19/h3-5,12,15,19,21H,6-11,13-14H2,1-2H3,(H,22,23). The molecular formula is C20H30N4O2. The number of nitrogens with one attached hydrogen (secondary N) is 2. The summed E-state index contributed by atoms with van der Waals surface area (Å²) in [5, 5.41) is 10.5. The molecule has 0 saturated carbocycles. The molecule has 0 atom stereocenters. The largest absolute Gasteiger partial charge is 0.492 e. The molecule has 1 saturated heterocycles. The third-order valence-electron chi connectivity index (χ3n) is 5.00. The van der Waals surface area contributed by atoms with E-state index in [0.29, 0.717) is 12.6 Å². The third kappa shape index (κ3) is 5.56. The molecule has 3 rings (SSSR count). The maximum Gasteiger partial charge on any atom is 0.119 e. The lowest BCUT2D eigenvalue weighted by atomic mass is 10.1. The van der Waals surface area contributed by atoms with Crippen molar-refractivity contribution in [3.8, 4) is 5.75 Å². The highest BCUT2D eigenvalue weighted by molar-refractivity contribution is 5.28. The predicted molar refractivity (Wildman–Crippen MR) is 102 cm³/mol. The fraction of sp³-hybridized carbons (Fsp3) is 0.550. The lowest BCUT2D eigenvalue weighted by Gasteiger charge is -2.31. The highest BCUT2D eigenvalue weighted by atomic mass is 16.5. The van der Waals surface area contributed by atoms with Crippen LogP contribution in [0.1, 0.15) is 29.7 Å². The second-order valence-electron chi connectivity index (χ2n) is 6.94. The lowest BCUT2D eigenvalue weighted by Crippen LogP contribution is -2.38. The highest BCUT2D eigenvalue weighted by Crippen LogP contribution is 2.15. The van der Waals surface area contributed by atoms with Crippen LogP contribution >= 0.6 is 0 Å². The van der Waals surface area contributed by atoms with E-state index >= 15 is 0 Å². The first-order valence-corrected chi connectivity index (χ1v) is 9.41. The molecule has 0 radical (unpaired) electrons. The Kier molecular flexibility index (Phi) is 7.05. The summed E-state index contributed by atoms with van der Waals surface area (Å²) in [6.07, 6.45) is 4.11. The minimum absolute atomic E-state index is 0.620. The Morgan fingerprint density at radius 1 is 1.31 bits per heavy atom. The van der Waals surface area contributed by atoms with Crippen LogP contribution in [0.3, 0.4) is 0 Å². The number of aryl methyl sites for hydroxylation is 1. The molecule has 6 nitrogen and oxygen atoms in total. The second-order valence-corrected chi connectivity index (χ2v) is 6.94. The molecule has 142 valence electrons. The molecule has 2 heterocycles. The van der Waals surface area contributed by atoms with Crippen LogP contribution in [0.25, 0.3) is 0 Å². The van der Waals surface area contributed by atoms with E-state index in [1.807, 2.05) is 19.2 Å². The molecule has 0 unspecified atom stereocenters. The number of hydrogen-bond donors (Lipinski definition) is 2. The Balaban J connectivity index is 1.40. The van der Waals surface area contributed by atoms with Crippen molar-refractivity contribution in [3.05, 3.63) is 47.3 Å². The molecule has 6 heteroatoms. The molecule has 1 aliphatic heterocycles. The van der Waals surface area contributed by atoms with Gasteiger partial charge in [-0.25, -0.2) is 0 Å². The van der Waals surface area contributed by atoms with Crippen LogP contribution in [-0.4, -0.2) is 54.6 Å². The maximum atomic E-state index is 5.96. The zero-order valence-electron chi connectivity index (χ0n) is 15.8. The SMILES string of the molecule is Cc1[nH]ncc1CNCc1cccc(OCCN(C)C2CCOCC2)c1. The molecule has 2 N–H and O–H groups in total. The first-order valence-electron chi connectivity index (χ1n) is 9.41. The monoisotopic (exact) mass is 358 g/mol. The molecule has 1 fully saturated rings. The van der Waals surface area contributed by atoms with Gasteiger partial charge in [-0.3, -0.25) is 10.00 Å². The van der Waals surface area contributed by atoms with Gasteiger partial charge in [-0.05, 0) is 44.5 Å². The van der Waals surface area contributed by atoms with Crippen molar-refractivity contribution in [3.63, 3.8) is 0 Å². The Morgan fingerprint density at radius 3 is 2.92 bits per heavy atom. The van der Waals surface area contributed by atoms with E-state index < -0.39 is 0 Å². The van der Waals surface area contributed by atoms with E-state index in [9.17, 15) is 0 Å². The van der Waals surface area contributed by atoms with Crippen molar-refractivity contribution in [1.29, 1.82) is 0 Å². The number of likely N-dealkylation sites (N-methyl/N-ethyl adjacent to an activating group) is 1. The van der Waals surface area contributed by atoms with Crippen LogP contribution in [0.15, 0.2) is 30.5 Å². The average molecular weight is 358 g/mol. The van der Waals surface area contributed by atoms with Crippen LogP contribution in [0.5, 0.6) is 5.75 Å². The van der Waals surface area contributed by atoms with Gasteiger partial charge in [-0.1, -0.05) is 12.1 Å². The summed E-state index contributed by atoms with van der Waals surface area (Å²) in [5.74, 6) is 0.934. The predicted octanol–water partition coefficient (Wildman–Crippen LogP) is 2.50. The van der Waals surface area contributed by atoms with Crippen molar-refractivity contribution in [2.45, 2.75) is 38.9 Å². The first kappa shape index (κ1) is 18.9. The zero-order chi connectivity index (χ0) is 18.2. The maximum absolute atomic E-state index is 5.96. The van der Waals surface area contributed by atoms with Crippen molar-refractivity contribution in [2.24, 2.45) is 0 Å². The van der Waals surface area contributed by atoms with Gasteiger partial charge in [0.25, 0.3) is 0 Å². The van der Waals surface area contributed by atoms with Gasteiger partial charge >= 0.3 is 0 Å². The van der Waals surface area contributed by atoms with Crippen LogP contribution < -0.4 is 10.1 Å². The normalized spacial score (nSPS) is 15.5. The van der Waals surface area contributed by atoms with Gasteiger partial charge in [-0.2, -0.15) is 5.10 Å². The zero-order valence-corrected chi connectivity index (χ0v) is 15.8. The van der Waals surface area contributed by atoms with Gasteiger partial charge in [0.2, 0.25) is 0 Å². The van der Waals surface area contributed by atoms with Gasteiger partial charge < -0.3 is 14.8 Å². The summed E-state index contributed by atoms with van der Waals surface area (Å²) < 4.78 is 11.4. The topological polar surface area (TPSA) is 62.4 Å². The van der Waals surface area contributed by atoms with Crippen LogP contribution in [0.2, 0.25) is 0 Å². The van der Waals surface area contributed by atoms with Gasteiger partial charge in [0.1, 0.15) is 12.4 Å². The Bertz CT molecular complexity index is 667. The summed E-state index contributed by atoms with van der Waals surface area (Å²) in [6, 6.07) is 8.93. The third-order valence-corrected chi connectivity index (χ3v) is 5.00. The molecule has 1 aromatic heterocycles. The van der Waals surface area contributed by atoms with Crippen molar-refractivity contribution in [2.75, 3.05) is 33.4 Å². The number of ether oxygens (including phenoxy) is 2. The summed E-state index contributed by atoms with van der Waals surface area (Å²) >= 11 is 0. The van der Waals surface area contributed by atoms with E-state index in [4.69, 9.17) is 9.47 Å². The van der Waals surface area contributed by atoms with Crippen molar-refractivity contribution < 1.29 is 9.47 Å². The van der Waals surface area contributed by atoms with E-state index in [-0.39, 0.29) is 0 Å². The van der Waals surface area contributed by atoms with Crippen molar-refractivity contribution in [1.82, 2.24) is 20.4 Å². The summed E-state index contributed by atoms with van der Waals surface area (Å²) in [4.78, 5) is 2.39. The smallest absolute Gasteiger partial charge is 0.119 e. The lowest BCUT2D eigenvalue weighted by molar-refractivity contribution is 0.0392. The quantitative estimate of drug-likeness (QED) is 0.721. The molecule has 0 spiro atoms. The van der Waals surface area contributed by atoms with E-state index in [1.54, 1.807) is 0 Å². The molecule has 1 aliphatic rings. The number of H-pyrrole nitrogens is 1. The van der Waals surface area contributed by atoms with Gasteiger partial charge in [0.15, 0.2) is 0 Å². The summed E-state index contributed by atoms with van der Waals surface area (Å²) in [5.41, 5.74) is 3.54.